The van der Waals surface area contributed by atoms with Gasteiger partial charge in [0.15, 0.2) is 34.7 Å². The number of rotatable bonds is 6. The molecule has 13 nitrogen and oxygen atoms in total. The largest absolute Gasteiger partial charge is 0.504 e. The highest BCUT2D eigenvalue weighted by molar-refractivity contribution is 5.85. The van der Waals surface area contributed by atoms with Gasteiger partial charge in [0, 0.05) is 0 Å². The Labute approximate surface area is 175 Å². The number of phenols is 1. The minimum Gasteiger partial charge on any atom is -0.504 e. The van der Waals surface area contributed by atoms with Gasteiger partial charge in [0.2, 0.25) is 5.95 Å². The van der Waals surface area contributed by atoms with Crippen LogP contribution in [0.3, 0.4) is 0 Å². The number of phenolic OH excluding ortho intramolecular Hbond substituents is 1. The van der Waals surface area contributed by atoms with Crippen molar-refractivity contribution in [3.05, 3.63) is 30.1 Å². The zero-order valence-electron chi connectivity index (χ0n) is 16.3. The third kappa shape index (κ3) is 3.70. The molecule has 2 aromatic heterocycles. The van der Waals surface area contributed by atoms with E-state index in [1.165, 1.54) is 30.3 Å². The zero-order valence-corrected chi connectivity index (χ0v) is 16.3. The molecule has 13 heteroatoms. The lowest BCUT2D eigenvalue weighted by Crippen LogP contribution is -2.33. The maximum Gasteiger partial charge on any atom is 0.228 e. The van der Waals surface area contributed by atoms with E-state index < -0.39 is 31.1 Å². The molecule has 7 N–H and O–H groups in total. The molecular formula is C18H21N7O6. The van der Waals surface area contributed by atoms with Crippen LogP contribution in [0.5, 0.6) is 11.5 Å². The van der Waals surface area contributed by atoms with Crippen LogP contribution in [-0.4, -0.2) is 78.2 Å². The van der Waals surface area contributed by atoms with Gasteiger partial charge in [0.05, 0.1) is 19.9 Å². The molecule has 4 atom stereocenters. The fourth-order valence-corrected chi connectivity index (χ4v) is 3.28. The zero-order chi connectivity index (χ0) is 22.1. The summed E-state index contributed by atoms with van der Waals surface area (Å²) in [7, 11) is 1.43. The van der Waals surface area contributed by atoms with E-state index in [-0.39, 0.29) is 34.4 Å². The van der Waals surface area contributed by atoms with Crippen LogP contribution in [-0.2, 0) is 4.74 Å². The van der Waals surface area contributed by atoms with E-state index in [2.05, 4.69) is 25.5 Å². The molecule has 1 saturated heterocycles. The lowest BCUT2D eigenvalue weighted by Gasteiger charge is -2.18. The number of hydrogen-bond donors (Lipinski definition) is 6. The van der Waals surface area contributed by atoms with Crippen LogP contribution < -0.4 is 15.9 Å². The van der Waals surface area contributed by atoms with Crippen molar-refractivity contribution in [2.45, 2.75) is 24.5 Å². The molecule has 0 spiro atoms. The smallest absolute Gasteiger partial charge is 0.228 e. The summed E-state index contributed by atoms with van der Waals surface area (Å²) in [5.41, 5.74) is 9.73. The number of hydrazone groups is 1. The summed E-state index contributed by atoms with van der Waals surface area (Å²) >= 11 is 0. The monoisotopic (exact) mass is 431 g/mol. The van der Waals surface area contributed by atoms with Crippen LogP contribution in [0.1, 0.15) is 11.8 Å². The summed E-state index contributed by atoms with van der Waals surface area (Å²) < 4.78 is 12.1. The van der Waals surface area contributed by atoms with Gasteiger partial charge in [0.25, 0.3) is 0 Å². The number of nitrogen functional groups attached to an aromatic ring is 1. The number of nitrogens with two attached hydrogens (primary N) is 1. The molecule has 4 rings (SSSR count). The highest BCUT2D eigenvalue weighted by Crippen LogP contribution is 2.35. The molecule has 1 aliphatic rings. The van der Waals surface area contributed by atoms with Crippen LogP contribution in [0.2, 0.25) is 0 Å². The topological polar surface area (TPSA) is 193 Å². The third-order valence-corrected chi connectivity index (χ3v) is 4.86. The second kappa shape index (κ2) is 8.31. The number of aliphatic hydroxyl groups is 3. The lowest BCUT2D eigenvalue weighted by atomic mass is 10.1. The number of hydrogen-bond acceptors (Lipinski definition) is 12. The number of nitrogens with one attached hydrogen (secondary N) is 1. The van der Waals surface area contributed by atoms with Crippen LogP contribution in [0, 0.1) is 0 Å². The van der Waals surface area contributed by atoms with Crippen molar-refractivity contribution >= 4 is 29.1 Å². The minimum atomic E-state index is -1.36. The van der Waals surface area contributed by atoms with Gasteiger partial charge in [-0.2, -0.15) is 5.10 Å². The van der Waals surface area contributed by atoms with Crippen molar-refractivity contribution < 1.29 is 29.9 Å². The Morgan fingerprint density at radius 1 is 1.32 bits per heavy atom. The van der Waals surface area contributed by atoms with Crippen LogP contribution in [0.25, 0.3) is 11.2 Å². The first-order chi connectivity index (χ1) is 14.9. The quantitative estimate of drug-likeness (QED) is 0.211. The molecule has 3 aromatic rings. The number of methoxy groups -OCH3 is 1. The highest BCUT2D eigenvalue weighted by Gasteiger charge is 2.45. The lowest BCUT2D eigenvalue weighted by molar-refractivity contribution is -0.0501. The van der Waals surface area contributed by atoms with Gasteiger partial charge in [-0.05, 0) is 23.8 Å². The Morgan fingerprint density at radius 3 is 2.84 bits per heavy atom. The molecule has 1 fully saturated rings. The summed E-state index contributed by atoms with van der Waals surface area (Å²) in [4.78, 5) is 12.4. The summed E-state index contributed by atoms with van der Waals surface area (Å²) in [5.74, 6) is 0.489. The summed E-state index contributed by atoms with van der Waals surface area (Å²) in [6.45, 7) is -0.484. The van der Waals surface area contributed by atoms with Crippen molar-refractivity contribution in [1.29, 1.82) is 0 Å². The van der Waals surface area contributed by atoms with Crippen molar-refractivity contribution in [3.63, 3.8) is 0 Å². The highest BCUT2D eigenvalue weighted by atomic mass is 16.6. The van der Waals surface area contributed by atoms with Gasteiger partial charge in [0.1, 0.15) is 24.6 Å². The van der Waals surface area contributed by atoms with Crippen LogP contribution in [0.15, 0.2) is 29.6 Å². The second-order valence-electron chi connectivity index (χ2n) is 6.77. The molecular weight excluding hydrogens is 410 g/mol. The fraction of sp³-hybridized carbons (Fsp3) is 0.333. The van der Waals surface area contributed by atoms with Gasteiger partial charge in [-0.25, -0.2) is 20.4 Å². The standard InChI is InChI=1S/C18H21N7O6/c1-30-10-4-8(2-3-9(10)27)5-22-24-18-23-12-15(19)20-7-21-16(12)25(18)17-14(29)13(28)11(6-26)31-17/h2-5,7,11,13-14,17,26-29H,6H2,1H3,(H,23,24)(H2,19,20,21)/t11-,13+,14+,17+/m0/s1. The Kier molecular flexibility index (Phi) is 5.56. The summed E-state index contributed by atoms with van der Waals surface area (Å²) in [6.07, 6.45) is -2.09. The van der Waals surface area contributed by atoms with Gasteiger partial charge in [-0.15, -0.1) is 0 Å². The van der Waals surface area contributed by atoms with Gasteiger partial charge >= 0.3 is 0 Å². The number of ether oxygens (including phenoxy) is 2. The average Bonchev–Trinajstić information content (AvgIpc) is 3.27. The summed E-state index contributed by atoms with van der Waals surface area (Å²) in [5, 5.41) is 43.8. The molecule has 31 heavy (non-hydrogen) atoms. The molecule has 164 valence electrons. The summed E-state index contributed by atoms with van der Waals surface area (Å²) in [6, 6.07) is 4.67. The predicted octanol–water partition coefficient (Wildman–Crippen LogP) is -0.820. The Balaban J connectivity index is 1.69. The van der Waals surface area contributed by atoms with E-state index in [1.807, 2.05) is 0 Å². The van der Waals surface area contributed by atoms with E-state index in [1.54, 1.807) is 12.1 Å². The van der Waals surface area contributed by atoms with Crippen molar-refractivity contribution in [2.75, 3.05) is 24.9 Å². The number of aromatic hydroxyl groups is 1. The maximum absolute atomic E-state index is 10.5. The fourth-order valence-electron chi connectivity index (χ4n) is 3.28. The Bertz CT molecular complexity index is 1120. The normalized spacial score (nSPS) is 23.6. The van der Waals surface area contributed by atoms with E-state index in [4.69, 9.17) is 15.2 Å². The number of aliphatic hydroxyl groups excluding tert-OH is 3. The average molecular weight is 431 g/mol. The number of imidazole rings is 1. The Hall–Kier alpha value is -3.52. The predicted molar refractivity (Wildman–Crippen MR) is 109 cm³/mol. The molecule has 0 unspecified atom stereocenters. The first kappa shape index (κ1) is 20.7. The number of aromatic nitrogens is 4. The minimum absolute atomic E-state index is 0.00665. The third-order valence-electron chi connectivity index (χ3n) is 4.86. The molecule has 0 saturated carbocycles. The Morgan fingerprint density at radius 2 is 2.13 bits per heavy atom. The number of fused-ring (bicyclic) bond motifs is 1. The molecule has 0 bridgehead atoms. The van der Waals surface area contributed by atoms with E-state index in [9.17, 15) is 20.4 Å². The van der Waals surface area contributed by atoms with E-state index in [0.29, 0.717) is 5.56 Å². The molecule has 1 aromatic carbocycles. The SMILES string of the molecule is COc1cc(C=NNc2nc3c(N)ncnc3n2[C@@H]2O[C@@H](CO)[C@@H](O)[C@H]2O)ccc1O. The van der Waals surface area contributed by atoms with Crippen LogP contribution in [0.4, 0.5) is 11.8 Å². The van der Waals surface area contributed by atoms with Gasteiger partial charge < -0.3 is 35.6 Å². The number of anilines is 2. The first-order valence-electron chi connectivity index (χ1n) is 9.21. The number of benzene rings is 1. The van der Waals surface area contributed by atoms with Gasteiger partial charge in [-0.1, -0.05) is 0 Å². The van der Waals surface area contributed by atoms with Gasteiger partial charge in [-0.3, -0.25) is 4.57 Å². The van der Waals surface area contributed by atoms with E-state index in [0.717, 1.165) is 0 Å². The molecule has 1 aliphatic heterocycles. The van der Waals surface area contributed by atoms with Crippen molar-refractivity contribution in [2.24, 2.45) is 5.10 Å². The molecule has 0 radical (unpaired) electrons. The molecule has 3 heterocycles. The van der Waals surface area contributed by atoms with Crippen molar-refractivity contribution in [1.82, 2.24) is 19.5 Å². The maximum atomic E-state index is 10.5. The number of nitrogens with zero attached hydrogens (tertiary/aromatic N) is 5. The molecule has 0 amide bonds. The van der Waals surface area contributed by atoms with E-state index >= 15 is 0 Å². The van der Waals surface area contributed by atoms with Crippen LogP contribution >= 0.6 is 0 Å². The first-order valence-corrected chi connectivity index (χ1v) is 9.21. The van der Waals surface area contributed by atoms with Crippen molar-refractivity contribution in [3.8, 4) is 11.5 Å². The second-order valence-corrected chi connectivity index (χ2v) is 6.77. The molecule has 0 aliphatic carbocycles.